The van der Waals surface area contributed by atoms with Crippen molar-refractivity contribution in [3.8, 4) is 10.7 Å². The van der Waals surface area contributed by atoms with Gasteiger partial charge in [0.15, 0.2) is 0 Å². The lowest BCUT2D eigenvalue weighted by molar-refractivity contribution is -0.124. The predicted molar refractivity (Wildman–Crippen MR) is 113 cm³/mol. The summed E-state index contributed by atoms with van der Waals surface area (Å²) in [6.45, 7) is 3.24. The van der Waals surface area contributed by atoms with E-state index in [9.17, 15) is 4.79 Å². The van der Waals surface area contributed by atoms with E-state index in [4.69, 9.17) is 4.52 Å². The molecule has 0 unspecified atom stereocenters. The van der Waals surface area contributed by atoms with Crippen molar-refractivity contribution in [1.82, 2.24) is 15.0 Å². The normalized spacial score (nSPS) is 18.0. The number of fused-ring (bicyclic) bond motifs is 1. The van der Waals surface area contributed by atoms with Gasteiger partial charge in [0.2, 0.25) is 17.6 Å². The van der Waals surface area contributed by atoms with Crippen LogP contribution in [0.2, 0.25) is 0 Å². The van der Waals surface area contributed by atoms with Gasteiger partial charge >= 0.3 is 0 Å². The van der Waals surface area contributed by atoms with Crippen LogP contribution < -0.4 is 4.90 Å². The molecule has 1 saturated heterocycles. The van der Waals surface area contributed by atoms with Gasteiger partial charge in [-0.3, -0.25) is 9.69 Å². The summed E-state index contributed by atoms with van der Waals surface area (Å²) in [5.74, 6) is 1.68. The zero-order valence-corrected chi connectivity index (χ0v) is 17.1. The Morgan fingerprint density at radius 3 is 2.83 bits per heavy atom. The molecular formula is C22H24N4O2S. The van der Waals surface area contributed by atoms with Crippen molar-refractivity contribution in [3.63, 3.8) is 0 Å². The van der Waals surface area contributed by atoms with Gasteiger partial charge in [0, 0.05) is 18.2 Å². The molecule has 2 aromatic heterocycles. The molecule has 0 atom stereocenters. The summed E-state index contributed by atoms with van der Waals surface area (Å²) in [6.07, 6.45) is 3.87. The molecule has 0 aliphatic carbocycles. The maximum Gasteiger partial charge on any atom is 0.241 e. The Bertz CT molecular complexity index is 976. The van der Waals surface area contributed by atoms with E-state index < -0.39 is 0 Å². The molecule has 4 heterocycles. The van der Waals surface area contributed by atoms with Crippen LogP contribution in [0.3, 0.4) is 0 Å². The molecule has 2 aliphatic heterocycles. The number of aromatic nitrogens is 2. The van der Waals surface area contributed by atoms with Gasteiger partial charge in [-0.2, -0.15) is 4.98 Å². The van der Waals surface area contributed by atoms with Crippen molar-refractivity contribution in [2.75, 3.05) is 24.5 Å². The van der Waals surface area contributed by atoms with Crippen LogP contribution >= 0.6 is 11.3 Å². The first-order valence-electron chi connectivity index (χ1n) is 10.3. The Balaban J connectivity index is 1.19. The molecule has 150 valence electrons. The van der Waals surface area contributed by atoms with Crippen molar-refractivity contribution in [1.29, 1.82) is 0 Å². The number of benzene rings is 1. The van der Waals surface area contributed by atoms with Crippen molar-refractivity contribution in [3.05, 3.63) is 53.2 Å². The Kier molecular flexibility index (Phi) is 5.16. The Hall–Kier alpha value is -2.51. The van der Waals surface area contributed by atoms with Crippen molar-refractivity contribution >= 4 is 22.9 Å². The largest absolute Gasteiger partial charge is 0.338 e. The van der Waals surface area contributed by atoms with Gasteiger partial charge in [0.1, 0.15) is 0 Å². The number of hydrogen-bond acceptors (Lipinski definition) is 6. The van der Waals surface area contributed by atoms with Gasteiger partial charge in [0.25, 0.3) is 0 Å². The molecule has 7 heteroatoms. The van der Waals surface area contributed by atoms with Gasteiger partial charge in [-0.1, -0.05) is 29.4 Å². The molecule has 29 heavy (non-hydrogen) atoms. The zero-order valence-electron chi connectivity index (χ0n) is 16.3. The number of carbonyl (C=O) groups excluding carboxylic acids is 1. The molecule has 3 aromatic rings. The molecule has 6 nitrogen and oxygen atoms in total. The summed E-state index contributed by atoms with van der Waals surface area (Å²) in [4.78, 5) is 23.0. The average Bonchev–Trinajstić information content (AvgIpc) is 3.45. The maximum atomic E-state index is 13.2. The molecule has 2 aliphatic rings. The second-order valence-corrected chi connectivity index (χ2v) is 8.71. The Morgan fingerprint density at radius 1 is 1.14 bits per heavy atom. The van der Waals surface area contributed by atoms with Crippen LogP contribution in [0.25, 0.3) is 10.7 Å². The fourth-order valence-corrected chi connectivity index (χ4v) is 4.99. The summed E-state index contributed by atoms with van der Waals surface area (Å²) in [7, 11) is 0. The minimum atomic E-state index is 0.0989. The third-order valence-electron chi connectivity index (χ3n) is 5.88. The predicted octanol–water partition coefficient (Wildman–Crippen LogP) is 3.99. The standard InChI is InChI=1S/C22H24N4O2S/c27-22(26-11-3-6-16-5-1-2-7-18(16)26)17-9-12-25(13-10-17)15-20-23-21(24-28-20)19-8-4-14-29-19/h1-2,4-5,7-8,14,17H,3,6,9-13,15H2. The van der Waals surface area contributed by atoms with E-state index in [1.54, 1.807) is 11.3 Å². The number of rotatable bonds is 4. The third-order valence-corrected chi connectivity index (χ3v) is 6.75. The second-order valence-electron chi connectivity index (χ2n) is 7.76. The van der Waals surface area contributed by atoms with Crippen LogP contribution in [-0.2, 0) is 17.8 Å². The van der Waals surface area contributed by atoms with Crippen LogP contribution in [-0.4, -0.2) is 40.6 Å². The molecule has 1 fully saturated rings. The number of anilines is 1. The van der Waals surface area contributed by atoms with Crippen LogP contribution in [0.15, 0.2) is 46.3 Å². The molecule has 0 bridgehead atoms. The summed E-state index contributed by atoms with van der Waals surface area (Å²) >= 11 is 1.61. The van der Waals surface area contributed by atoms with Crippen molar-refractivity contribution in [2.24, 2.45) is 5.92 Å². The van der Waals surface area contributed by atoms with Gasteiger partial charge in [-0.05, 0) is 61.8 Å². The smallest absolute Gasteiger partial charge is 0.241 e. The van der Waals surface area contributed by atoms with Crippen molar-refractivity contribution < 1.29 is 9.32 Å². The third kappa shape index (κ3) is 3.84. The number of nitrogens with zero attached hydrogens (tertiary/aromatic N) is 4. The summed E-state index contributed by atoms with van der Waals surface area (Å²) < 4.78 is 5.43. The van der Waals surface area contributed by atoms with Crippen LogP contribution in [0.4, 0.5) is 5.69 Å². The number of para-hydroxylation sites is 1. The highest BCUT2D eigenvalue weighted by atomic mass is 32.1. The second kappa shape index (κ2) is 8.08. The molecule has 1 aromatic carbocycles. The number of aryl methyl sites for hydroxylation is 1. The summed E-state index contributed by atoms with van der Waals surface area (Å²) in [5, 5.41) is 6.09. The van der Waals surface area contributed by atoms with E-state index in [0.29, 0.717) is 18.3 Å². The number of carbonyl (C=O) groups is 1. The fourth-order valence-electron chi connectivity index (χ4n) is 4.34. The highest BCUT2D eigenvalue weighted by Crippen LogP contribution is 2.30. The molecular weight excluding hydrogens is 384 g/mol. The summed E-state index contributed by atoms with van der Waals surface area (Å²) in [6, 6.07) is 12.3. The first-order chi connectivity index (χ1) is 14.3. The van der Waals surface area contributed by atoms with Crippen molar-refractivity contribution in [2.45, 2.75) is 32.2 Å². The van der Waals surface area contributed by atoms with Gasteiger partial charge < -0.3 is 9.42 Å². The monoisotopic (exact) mass is 408 g/mol. The number of likely N-dealkylation sites (tertiary alicyclic amines) is 1. The van der Waals surface area contributed by atoms with Crippen LogP contribution in [0.5, 0.6) is 0 Å². The molecule has 0 radical (unpaired) electrons. The quantitative estimate of drug-likeness (QED) is 0.653. The highest BCUT2D eigenvalue weighted by Gasteiger charge is 2.31. The zero-order chi connectivity index (χ0) is 19.6. The first kappa shape index (κ1) is 18.5. The molecule has 0 N–H and O–H groups in total. The molecule has 1 amide bonds. The molecule has 0 saturated carbocycles. The van der Waals surface area contributed by atoms with Gasteiger partial charge in [-0.25, -0.2) is 0 Å². The van der Waals surface area contributed by atoms with E-state index in [-0.39, 0.29) is 11.8 Å². The lowest BCUT2D eigenvalue weighted by atomic mass is 9.93. The number of thiophene rings is 1. The van der Waals surface area contributed by atoms with E-state index in [0.717, 1.165) is 55.9 Å². The van der Waals surface area contributed by atoms with E-state index >= 15 is 0 Å². The molecule has 0 spiro atoms. The summed E-state index contributed by atoms with van der Waals surface area (Å²) in [5.41, 5.74) is 2.40. The lowest BCUT2D eigenvalue weighted by Gasteiger charge is -2.36. The van der Waals surface area contributed by atoms with E-state index in [1.807, 2.05) is 28.5 Å². The SMILES string of the molecule is O=C(C1CCN(Cc2nc(-c3cccs3)no2)CC1)N1CCCc2ccccc21. The lowest BCUT2D eigenvalue weighted by Crippen LogP contribution is -2.44. The minimum Gasteiger partial charge on any atom is -0.338 e. The average molecular weight is 409 g/mol. The number of hydrogen-bond donors (Lipinski definition) is 0. The minimum absolute atomic E-state index is 0.0989. The Morgan fingerprint density at radius 2 is 2.00 bits per heavy atom. The van der Waals surface area contributed by atoms with Crippen LogP contribution in [0.1, 0.15) is 30.7 Å². The topological polar surface area (TPSA) is 62.5 Å². The number of piperidine rings is 1. The van der Waals surface area contributed by atoms with Gasteiger partial charge in [-0.15, -0.1) is 11.3 Å². The van der Waals surface area contributed by atoms with E-state index in [2.05, 4.69) is 33.2 Å². The van der Waals surface area contributed by atoms with E-state index in [1.165, 1.54) is 5.56 Å². The maximum absolute atomic E-state index is 13.2. The first-order valence-corrected chi connectivity index (χ1v) is 11.1. The Labute approximate surface area is 174 Å². The number of amides is 1. The van der Waals surface area contributed by atoms with Gasteiger partial charge in [0.05, 0.1) is 11.4 Å². The van der Waals surface area contributed by atoms with Crippen LogP contribution in [0, 0.1) is 5.92 Å². The fraction of sp³-hybridized carbons (Fsp3) is 0.409. The molecule has 5 rings (SSSR count). The highest BCUT2D eigenvalue weighted by molar-refractivity contribution is 7.13.